The number of carbonyl (C=O) groups is 1. The minimum atomic E-state index is -0.754. The Labute approximate surface area is 88.4 Å². The van der Waals surface area contributed by atoms with Crippen molar-refractivity contribution in [1.82, 2.24) is 0 Å². The number of carboxylic acids is 1. The number of benzene rings is 1. The first kappa shape index (κ1) is 10.0. The molecular formula is C12H14O3. The largest absolute Gasteiger partial charge is 0.508 e. The molecule has 1 saturated carbocycles. The molecule has 3 heteroatoms. The third-order valence-corrected chi connectivity index (χ3v) is 3.17. The van der Waals surface area contributed by atoms with Crippen LogP contribution in [0.5, 0.6) is 5.75 Å². The summed E-state index contributed by atoms with van der Waals surface area (Å²) in [4.78, 5) is 11.1. The molecule has 15 heavy (non-hydrogen) atoms. The van der Waals surface area contributed by atoms with Gasteiger partial charge in [-0.05, 0) is 36.5 Å². The van der Waals surface area contributed by atoms with Gasteiger partial charge in [0.05, 0.1) is 5.41 Å². The van der Waals surface area contributed by atoms with E-state index < -0.39 is 11.4 Å². The van der Waals surface area contributed by atoms with Gasteiger partial charge in [0.1, 0.15) is 5.75 Å². The number of aryl methyl sites for hydroxylation is 1. The fourth-order valence-electron chi connectivity index (χ4n) is 1.92. The van der Waals surface area contributed by atoms with Gasteiger partial charge in [0.25, 0.3) is 0 Å². The first-order chi connectivity index (χ1) is 7.10. The van der Waals surface area contributed by atoms with E-state index in [4.69, 9.17) is 5.11 Å². The lowest BCUT2D eigenvalue weighted by atomic mass is 9.93. The second-order valence-electron chi connectivity index (χ2n) is 4.08. The molecule has 0 unspecified atom stereocenters. The second kappa shape index (κ2) is 3.26. The van der Waals surface area contributed by atoms with Gasteiger partial charge in [-0.25, -0.2) is 0 Å². The van der Waals surface area contributed by atoms with Gasteiger partial charge in [-0.3, -0.25) is 4.79 Å². The quantitative estimate of drug-likeness (QED) is 0.796. The Morgan fingerprint density at radius 1 is 1.47 bits per heavy atom. The van der Waals surface area contributed by atoms with Crippen LogP contribution in [0.4, 0.5) is 0 Å². The van der Waals surface area contributed by atoms with Crippen molar-refractivity contribution in [2.24, 2.45) is 0 Å². The van der Waals surface area contributed by atoms with Crippen molar-refractivity contribution >= 4 is 5.97 Å². The maximum atomic E-state index is 11.1. The second-order valence-corrected chi connectivity index (χ2v) is 4.08. The molecule has 3 nitrogen and oxygen atoms in total. The summed E-state index contributed by atoms with van der Waals surface area (Å²) in [5.74, 6) is -0.502. The molecule has 0 saturated heterocycles. The predicted molar refractivity (Wildman–Crippen MR) is 56.0 cm³/mol. The highest BCUT2D eigenvalue weighted by atomic mass is 16.4. The van der Waals surface area contributed by atoms with Gasteiger partial charge >= 0.3 is 5.97 Å². The van der Waals surface area contributed by atoms with Crippen molar-refractivity contribution in [3.63, 3.8) is 0 Å². The molecule has 0 spiro atoms. The molecule has 0 bridgehead atoms. The fourth-order valence-corrected chi connectivity index (χ4v) is 1.92. The van der Waals surface area contributed by atoms with Gasteiger partial charge in [-0.15, -0.1) is 0 Å². The lowest BCUT2D eigenvalue weighted by Gasteiger charge is -2.12. The van der Waals surface area contributed by atoms with E-state index in [1.54, 1.807) is 12.1 Å². The molecule has 1 fully saturated rings. The molecule has 0 aromatic heterocycles. The molecule has 0 heterocycles. The Morgan fingerprint density at radius 3 is 2.60 bits per heavy atom. The van der Waals surface area contributed by atoms with Gasteiger partial charge in [0, 0.05) is 0 Å². The average Bonchev–Trinajstić information content (AvgIpc) is 2.99. The van der Waals surface area contributed by atoms with E-state index in [0.717, 1.165) is 17.5 Å². The summed E-state index contributed by atoms with van der Waals surface area (Å²) in [5.41, 5.74) is 0.974. The highest BCUT2D eigenvalue weighted by Crippen LogP contribution is 2.49. The number of rotatable bonds is 3. The number of hydrogen-bond donors (Lipinski definition) is 2. The van der Waals surface area contributed by atoms with E-state index in [0.29, 0.717) is 12.8 Å². The summed E-state index contributed by atoms with van der Waals surface area (Å²) in [6.45, 7) is 1.94. The Hall–Kier alpha value is -1.51. The topological polar surface area (TPSA) is 57.5 Å². The first-order valence-corrected chi connectivity index (χ1v) is 5.16. The number of aromatic hydroxyl groups is 1. The predicted octanol–water partition coefficient (Wildman–Crippen LogP) is 2.07. The highest BCUT2D eigenvalue weighted by Gasteiger charge is 2.51. The molecule has 0 amide bonds. The van der Waals surface area contributed by atoms with Crippen molar-refractivity contribution in [3.05, 3.63) is 29.3 Å². The molecular weight excluding hydrogens is 192 g/mol. The van der Waals surface area contributed by atoms with Crippen molar-refractivity contribution in [3.8, 4) is 5.75 Å². The molecule has 1 aliphatic rings. The summed E-state index contributed by atoms with van der Waals surface area (Å²) in [6.07, 6.45) is 2.13. The molecule has 0 aliphatic heterocycles. The van der Waals surface area contributed by atoms with E-state index in [-0.39, 0.29) is 5.75 Å². The van der Waals surface area contributed by atoms with E-state index >= 15 is 0 Å². The smallest absolute Gasteiger partial charge is 0.314 e. The lowest BCUT2D eigenvalue weighted by Crippen LogP contribution is -2.19. The monoisotopic (exact) mass is 206 g/mol. The Morgan fingerprint density at radius 2 is 2.13 bits per heavy atom. The maximum Gasteiger partial charge on any atom is 0.314 e. The summed E-state index contributed by atoms with van der Waals surface area (Å²) < 4.78 is 0. The van der Waals surface area contributed by atoms with Crippen LogP contribution in [0, 0.1) is 0 Å². The zero-order valence-corrected chi connectivity index (χ0v) is 8.66. The Kier molecular flexibility index (Phi) is 2.18. The van der Waals surface area contributed by atoms with E-state index in [9.17, 15) is 9.90 Å². The summed E-state index contributed by atoms with van der Waals surface area (Å²) in [7, 11) is 0. The molecule has 0 atom stereocenters. The number of aliphatic carboxylic acids is 1. The van der Waals surface area contributed by atoms with Gasteiger partial charge in [0.15, 0.2) is 0 Å². The Balaban J connectivity index is 2.42. The number of carboxylic acid groups (broad SMARTS) is 1. The summed E-state index contributed by atoms with van der Waals surface area (Å²) >= 11 is 0. The van der Waals surface area contributed by atoms with Crippen molar-refractivity contribution in [2.75, 3.05) is 0 Å². The third kappa shape index (κ3) is 1.48. The maximum absolute atomic E-state index is 11.1. The summed E-state index contributed by atoms with van der Waals surface area (Å²) in [6, 6.07) is 5.13. The van der Waals surface area contributed by atoms with Gasteiger partial charge < -0.3 is 10.2 Å². The zero-order valence-electron chi connectivity index (χ0n) is 8.66. The molecule has 1 aliphatic carbocycles. The van der Waals surface area contributed by atoms with Crippen LogP contribution in [0.25, 0.3) is 0 Å². The lowest BCUT2D eigenvalue weighted by molar-refractivity contribution is -0.140. The van der Waals surface area contributed by atoms with E-state index in [2.05, 4.69) is 0 Å². The summed E-state index contributed by atoms with van der Waals surface area (Å²) in [5, 5.41) is 18.6. The molecule has 2 N–H and O–H groups in total. The zero-order chi connectivity index (χ0) is 11.1. The van der Waals surface area contributed by atoms with Crippen LogP contribution in [0.1, 0.15) is 30.9 Å². The van der Waals surface area contributed by atoms with Crippen molar-refractivity contribution in [1.29, 1.82) is 0 Å². The number of hydrogen-bond acceptors (Lipinski definition) is 2. The van der Waals surface area contributed by atoms with Crippen LogP contribution >= 0.6 is 0 Å². The highest BCUT2D eigenvalue weighted by molar-refractivity contribution is 5.85. The van der Waals surface area contributed by atoms with Gasteiger partial charge in [-0.2, -0.15) is 0 Å². The van der Waals surface area contributed by atoms with Crippen LogP contribution in [-0.4, -0.2) is 16.2 Å². The minimum absolute atomic E-state index is 0.252. The van der Waals surface area contributed by atoms with Crippen molar-refractivity contribution < 1.29 is 15.0 Å². The number of phenolic OH excluding ortho intramolecular Hbond substituents is 1. The molecule has 80 valence electrons. The van der Waals surface area contributed by atoms with E-state index in [1.165, 1.54) is 0 Å². The average molecular weight is 206 g/mol. The first-order valence-electron chi connectivity index (χ1n) is 5.16. The number of phenols is 1. The molecule has 2 rings (SSSR count). The Bertz CT molecular complexity index is 405. The fraction of sp³-hybridized carbons (Fsp3) is 0.417. The normalized spacial score (nSPS) is 17.4. The van der Waals surface area contributed by atoms with Gasteiger partial charge in [0.2, 0.25) is 0 Å². The van der Waals surface area contributed by atoms with Gasteiger partial charge in [-0.1, -0.05) is 19.1 Å². The minimum Gasteiger partial charge on any atom is -0.508 e. The van der Waals surface area contributed by atoms with Crippen LogP contribution in [-0.2, 0) is 16.6 Å². The molecule has 0 radical (unpaired) electrons. The van der Waals surface area contributed by atoms with Crippen LogP contribution in [0.2, 0.25) is 0 Å². The van der Waals surface area contributed by atoms with Crippen LogP contribution in [0.3, 0.4) is 0 Å². The van der Waals surface area contributed by atoms with Crippen molar-refractivity contribution in [2.45, 2.75) is 31.6 Å². The SMILES string of the molecule is CCc1cc(C2(C(=O)O)CC2)ccc1O. The molecule has 1 aromatic rings. The van der Waals surface area contributed by atoms with Crippen LogP contribution < -0.4 is 0 Å². The third-order valence-electron chi connectivity index (χ3n) is 3.17. The van der Waals surface area contributed by atoms with E-state index in [1.807, 2.05) is 13.0 Å². The standard InChI is InChI=1S/C12H14O3/c1-2-8-7-9(3-4-10(8)13)12(5-6-12)11(14)15/h3-4,7,13H,2,5-6H2,1H3,(H,14,15). The van der Waals surface area contributed by atoms with Crippen LogP contribution in [0.15, 0.2) is 18.2 Å². The molecule has 1 aromatic carbocycles.